The Bertz CT molecular complexity index is 1070. The summed E-state index contributed by atoms with van der Waals surface area (Å²) in [5.74, 6) is 1.60. The molecule has 0 fully saturated rings. The van der Waals surface area contributed by atoms with Crippen LogP contribution in [0.1, 0.15) is 11.1 Å². The fourth-order valence-electron chi connectivity index (χ4n) is 2.94. The van der Waals surface area contributed by atoms with Gasteiger partial charge in [0.2, 0.25) is 0 Å². The molecule has 0 unspecified atom stereocenters. The number of anilines is 2. The Morgan fingerprint density at radius 3 is 1.42 bits per heavy atom. The van der Waals surface area contributed by atoms with Gasteiger partial charge in [-0.1, -0.05) is 47.5 Å². The summed E-state index contributed by atoms with van der Waals surface area (Å²) in [6.45, 7) is 4.72. The molecule has 0 bridgehead atoms. The lowest BCUT2D eigenvalue weighted by molar-refractivity contribution is 0.646. The maximum Gasteiger partial charge on any atom is 0.139 e. The largest absolute Gasteiger partial charge is 0.421 e. The lowest BCUT2D eigenvalue weighted by Crippen LogP contribution is -2.11. The van der Waals surface area contributed by atoms with Crippen molar-refractivity contribution >= 4 is 35.5 Å². The molecule has 0 heterocycles. The Morgan fingerprint density at radius 1 is 0.576 bits per heavy atom. The summed E-state index contributed by atoms with van der Waals surface area (Å²) in [5.41, 5.74) is 4.43. The van der Waals surface area contributed by atoms with E-state index in [0.29, 0.717) is 6.67 Å². The molecule has 0 aliphatic rings. The highest BCUT2D eigenvalue weighted by Gasteiger charge is 2.02. The van der Waals surface area contributed by atoms with Gasteiger partial charge >= 0.3 is 0 Å². The molecule has 4 rings (SSSR count). The van der Waals surface area contributed by atoms with E-state index in [9.17, 15) is 0 Å². The van der Waals surface area contributed by atoms with Crippen molar-refractivity contribution in [2.24, 2.45) is 0 Å². The van der Waals surface area contributed by atoms with Gasteiger partial charge in [0.25, 0.3) is 0 Å². The molecule has 4 aromatic rings. The lowest BCUT2D eigenvalue weighted by Gasteiger charge is -2.12. The van der Waals surface area contributed by atoms with Crippen LogP contribution in [-0.2, 0) is 0 Å². The Morgan fingerprint density at radius 2 is 1.00 bits per heavy atom. The molecule has 4 nitrogen and oxygen atoms in total. The van der Waals surface area contributed by atoms with Gasteiger partial charge in [-0.15, -0.1) is 0 Å². The molecule has 0 aliphatic heterocycles. The standard InChI is InChI=1S/C27H26N2O2S2/c1-20-9-13-26(14-10-20)32-30-24-7-3-5-22(17-24)28-19-29-23-6-4-8-25(18-23)31-33-27-15-11-21(2)12-16-27/h3-18,28-29H,19H2,1-2H3. The molecular weight excluding hydrogens is 448 g/mol. The van der Waals surface area contributed by atoms with Gasteiger partial charge in [-0.3, -0.25) is 0 Å². The van der Waals surface area contributed by atoms with Gasteiger partial charge in [-0.25, -0.2) is 0 Å². The molecule has 0 spiro atoms. The van der Waals surface area contributed by atoms with Crippen molar-refractivity contribution in [1.82, 2.24) is 0 Å². The number of nitrogens with one attached hydrogen (secondary N) is 2. The van der Waals surface area contributed by atoms with Crippen LogP contribution in [0.3, 0.4) is 0 Å². The van der Waals surface area contributed by atoms with Crippen LogP contribution in [0.4, 0.5) is 11.4 Å². The van der Waals surface area contributed by atoms with Gasteiger partial charge in [0.15, 0.2) is 0 Å². The number of aryl methyl sites for hydroxylation is 2. The van der Waals surface area contributed by atoms with E-state index in [1.54, 1.807) is 0 Å². The second kappa shape index (κ2) is 11.6. The number of hydrogen-bond donors (Lipinski definition) is 2. The van der Waals surface area contributed by atoms with Crippen molar-refractivity contribution in [3.8, 4) is 11.5 Å². The number of benzene rings is 4. The van der Waals surface area contributed by atoms with E-state index in [0.717, 1.165) is 32.7 Å². The third-order valence-electron chi connectivity index (χ3n) is 4.76. The minimum Gasteiger partial charge on any atom is -0.421 e. The van der Waals surface area contributed by atoms with Crippen LogP contribution in [0.25, 0.3) is 0 Å². The van der Waals surface area contributed by atoms with E-state index in [2.05, 4.69) is 73.0 Å². The first-order chi connectivity index (χ1) is 16.1. The molecule has 0 amide bonds. The monoisotopic (exact) mass is 474 g/mol. The molecular formula is C27H26N2O2S2. The summed E-state index contributed by atoms with van der Waals surface area (Å²) in [6.07, 6.45) is 0. The smallest absolute Gasteiger partial charge is 0.139 e. The Balaban J connectivity index is 1.25. The quantitative estimate of drug-likeness (QED) is 0.179. The molecule has 33 heavy (non-hydrogen) atoms. The summed E-state index contributed by atoms with van der Waals surface area (Å²) in [7, 11) is 0. The van der Waals surface area contributed by atoms with Crippen molar-refractivity contribution in [2.75, 3.05) is 17.3 Å². The lowest BCUT2D eigenvalue weighted by atomic mass is 10.2. The van der Waals surface area contributed by atoms with Crippen LogP contribution in [0, 0.1) is 13.8 Å². The van der Waals surface area contributed by atoms with E-state index >= 15 is 0 Å². The van der Waals surface area contributed by atoms with Gasteiger partial charge < -0.3 is 19.0 Å². The topological polar surface area (TPSA) is 42.5 Å². The summed E-state index contributed by atoms with van der Waals surface area (Å²) < 4.78 is 11.7. The first kappa shape index (κ1) is 23.0. The molecule has 0 radical (unpaired) electrons. The van der Waals surface area contributed by atoms with E-state index in [1.807, 2.05) is 48.5 Å². The molecule has 0 aliphatic carbocycles. The number of hydrogen-bond acceptors (Lipinski definition) is 6. The average Bonchev–Trinajstić information content (AvgIpc) is 2.84. The van der Waals surface area contributed by atoms with E-state index in [4.69, 9.17) is 8.37 Å². The van der Waals surface area contributed by atoms with Crippen molar-refractivity contribution in [3.05, 3.63) is 108 Å². The highest BCUT2D eigenvalue weighted by Crippen LogP contribution is 2.27. The van der Waals surface area contributed by atoms with Gasteiger partial charge in [-0.05, 0) is 62.4 Å². The summed E-state index contributed by atoms with van der Waals surface area (Å²) in [6, 6.07) is 32.4. The van der Waals surface area contributed by atoms with Crippen molar-refractivity contribution in [2.45, 2.75) is 23.6 Å². The summed E-state index contributed by atoms with van der Waals surface area (Å²) >= 11 is 2.72. The second-order valence-corrected chi connectivity index (χ2v) is 9.15. The maximum atomic E-state index is 5.86. The summed E-state index contributed by atoms with van der Waals surface area (Å²) in [4.78, 5) is 2.14. The molecule has 0 aromatic heterocycles. The average molecular weight is 475 g/mol. The van der Waals surface area contributed by atoms with Crippen LogP contribution in [0.2, 0.25) is 0 Å². The molecule has 4 aromatic carbocycles. The van der Waals surface area contributed by atoms with Crippen LogP contribution in [-0.4, -0.2) is 6.67 Å². The first-order valence-electron chi connectivity index (χ1n) is 10.6. The first-order valence-corrected chi connectivity index (χ1v) is 12.1. The number of rotatable bonds is 10. The van der Waals surface area contributed by atoms with Crippen LogP contribution in [0.5, 0.6) is 11.5 Å². The van der Waals surface area contributed by atoms with Gasteiger partial charge in [0.05, 0.1) is 30.8 Å². The Kier molecular flexibility index (Phi) is 8.06. The normalized spacial score (nSPS) is 10.5. The minimum atomic E-state index is 0.573. The summed E-state index contributed by atoms with van der Waals surface area (Å²) in [5, 5.41) is 6.75. The highest BCUT2D eigenvalue weighted by atomic mass is 32.2. The molecule has 168 valence electrons. The zero-order chi connectivity index (χ0) is 22.9. The van der Waals surface area contributed by atoms with Crippen molar-refractivity contribution < 1.29 is 8.37 Å². The fourth-order valence-corrected chi connectivity index (χ4v) is 4.03. The Labute approximate surface area is 204 Å². The molecule has 2 N–H and O–H groups in total. The molecule has 0 atom stereocenters. The Hall–Kier alpha value is -3.22. The van der Waals surface area contributed by atoms with E-state index < -0.39 is 0 Å². The molecule has 6 heteroatoms. The van der Waals surface area contributed by atoms with E-state index in [1.165, 1.54) is 35.2 Å². The third kappa shape index (κ3) is 7.41. The van der Waals surface area contributed by atoms with Crippen molar-refractivity contribution in [3.63, 3.8) is 0 Å². The van der Waals surface area contributed by atoms with E-state index in [-0.39, 0.29) is 0 Å². The van der Waals surface area contributed by atoms with Gasteiger partial charge in [0, 0.05) is 33.3 Å². The third-order valence-corrected chi connectivity index (χ3v) is 6.24. The van der Waals surface area contributed by atoms with Crippen LogP contribution >= 0.6 is 24.1 Å². The van der Waals surface area contributed by atoms with Crippen molar-refractivity contribution in [1.29, 1.82) is 0 Å². The van der Waals surface area contributed by atoms with Gasteiger partial charge in [0.1, 0.15) is 11.5 Å². The molecule has 0 saturated carbocycles. The predicted molar refractivity (Wildman–Crippen MR) is 140 cm³/mol. The zero-order valence-electron chi connectivity index (χ0n) is 18.6. The van der Waals surface area contributed by atoms with Crippen LogP contribution in [0.15, 0.2) is 107 Å². The highest BCUT2D eigenvalue weighted by molar-refractivity contribution is 7.95. The zero-order valence-corrected chi connectivity index (χ0v) is 20.2. The second-order valence-electron chi connectivity index (χ2n) is 7.55. The SMILES string of the molecule is Cc1ccc(SOc2cccc(NCNc3cccc(OSc4ccc(C)cc4)c3)c2)cc1. The fraction of sp³-hybridized carbons (Fsp3) is 0.111. The maximum absolute atomic E-state index is 5.86. The van der Waals surface area contributed by atoms with Crippen LogP contribution < -0.4 is 19.0 Å². The molecule has 0 saturated heterocycles. The van der Waals surface area contributed by atoms with Gasteiger partial charge in [-0.2, -0.15) is 0 Å². The predicted octanol–water partition coefficient (Wildman–Crippen LogP) is 7.96. The minimum absolute atomic E-state index is 0.573.